The summed E-state index contributed by atoms with van der Waals surface area (Å²) in [5, 5.41) is 13.7. The highest BCUT2D eigenvalue weighted by Gasteiger charge is 2.39. The van der Waals surface area contributed by atoms with Crippen LogP contribution in [0.1, 0.15) is 35.5 Å². The fraction of sp³-hybridized carbons (Fsp3) is 0.300. The second-order valence-electron chi connectivity index (χ2n) is 7.96. The molecule has 0 radical (unpaired) electrons. The summed E-state index contributed by atoms with van der Waals surface area (Å²) in [5.74, 6) is 0.716. The van der Waals surface area contributed by atoms with Crippen molar-refractivity contribution in [3.8, 4) is 17.1 Å². The molecule has 2 aliphatic rings. The van der Waals surface area contributed by atoms with E-state index in [0.717, 1.165) is 33.2 Å². The Hall–Kier alpha value is -3.27. The van der Waals surface area contributed by atoms with Crippen molar-refractivity contribution in [2.24, 2.45) is 0 Å². The van der Waals surface area contributed by atoms with Gasteiger partial charge in [-0.2, -0.15) is 5.10 Å². The normalized spacial score (nSPS) is 18.0. The highest BCUT2D eigenvalue weighted by molar-refractivity contribution is 8.00. The van der Waals surface area contributed by atoms with Gasteiger partial charge in [-0.05, 0) is 35.6 Å². The van der Waals surface area contributed by atoms with E-state index in [1.807, 2.05) is 18.2 Å². The molecule has 30 heavy (non-hydrogen) atoms. The minimum atomic E-state index is -0.311. The third kappa shape index (κ3) is 2.95. The summed E-state index contributed by atoms with van der Waals surface area (Å²) in [6.07, 6.45) is 2.44. The maximum absolute atomic E-state index is 13.1. The van der Waals surface area contributed by atoms with Crippen molar-refractivity contribution in [1.82, 2.24) is 25.5 Å². The molecule has 1 unspecified atom stereocenters. The van der Waals surface area contributed by atoms with E-state index >= 15 is 0 Å². The third-order valence-electron chi connectivity index (χ3n) is 5.39. The number of rotatable bonds is 3. The monoisotopic (exact) mass is 423 g/mol. The highest BCUT2D eigenvalue weighted by Crippen LogP contribution is 2.43. The van der Waals surface area contributed by atoms with Gasteiger partial charge in [-0.3, -0.25) is 9.89 Å². The van der Waals surface area contributed by atoms with Gasteiger partial charge in [-0.1, -0.05) is 25.6 Å². The Morgan fingerprint density at radius 1 is 1.40 bits per heavy atom. The molecule has 1 amide bonds. The number of anilines is 2. The van der Waals surface area contributed by atoms with E-state index in [0.29, 0.717) is 17.8 Å². The maximum Gasteiger partial charge on any atom is 0.274 e. The summed E-state index contributed by atoms with van der Waals surface area (Å²) in [7, 11) is 1.63. The number of carbonyl (C=O) groups is 1. The van der Waals surface area contributed by atoms with E-state index in [4.69, 9.17) is 10.5 Å². The van der Waals surface area contributed by atoms with Crippen LogP contribution in [-0.2, 0) is 11.8 Å². The van der Waals surface area contributed by atoms with Crippen LogP contribution in [0.2, 0.25) is 0 Å². The van der Waals surface area contributed by atoms with Crippen LogP contribution in [0.5, 0.6) is 5.75 Å². The summed E-state index contributed by atoms with van der Waals surface area (Å²) < 4.78 is 5.28. The number of benzene rings is 1. The largest absolute Gasteiger partial charge is 0.497 e. The molecule has 5 N–H and O–H groups in total. The Kier molecular flexibility index (Phi) is 4.14. The van der Waals surface area contributed by atoms with Gasteiger partial charge in [0.15, 0.2) is 11.2 Å². The van der Waals surface area contributed by atoms with E-state index in [2.05, 4.69) is 44.6 Å². The van der Waals surface area contributed by atoms with Crippen LogP contribution in [0.4, 0.5) is 11.6 Å². The van der Waals surface area contributed by atoms with E-state index in [9.17, 15) is 4.79 Å². The number of H-pyrrole nitrogens is 1. The molecule has 0 saturated carbocycles. The quantitative estimate of drug-likeness (QED) is 0.505. The van der Waals surface area contributed by atoms with E-state index in [1.54, 1.807) is 13.3 Å². The second-order valence-corrected chi connectivity index (χ2v) is 9.11. The third-order valence-corrected chi connectivity index (χ3v) is 6.46. The number of nitrogen functional groups attached to an aromatic ring is 1. The van der Waals surface area contributed by atoms with Gasteiger partial charge in [0.1, 0.15) is 5.75 Å². The van der Waals surface area contributed by atoms with Crippen LogP contribution in [-0.4, -0.2) is 38.7 Å². The summed E-state index contributed by atoms with van der Waals surface area (Å²) in [4.78, 5) is 22.6. The number of thioether (sulfide) groups is 1. The van der Waals surface area contributed by atoms with Crippen LogP contribution in [0, 0.1) is 0 Å². The summed E-state index contributed by atoms with van der Waals surface area (Å²) in [6.45, 7) is 4.17. The van der Waals surface area contributed by atoms with Gasteiger partial charge in [-0.25, -0.2) is 9.97 Å². The number of carbonyl (C=O) groups excluding carboxylic acids is 1. The molecule has 1 aliphatic heterocycles. The molecular weight excluding hydrogens is 402 g/mol. The molecule has 5 rings (SSSR count). The molecule has 0 saturated heterocycles. The fourth-order valence-electron chi connectivity index (χ4n) is 4.06. The van der Waals surface area contributed by atoms with E-state index in [-0.39, 0.29) is 22.8 Å². The second kappa shape index (κ2) is 6.63. The first kappa shape index (κ1) is 18.7. The molecule has 0 bridgehead atoms. The van der Waals surface area contributed by atoms with Crippen molar-refractivity contribution in [1.29, 1.82) is 0 Å². The number of amides is 1. The van der Waals surface area contributed by atoms with Crippen LogP contribution in [0.15, 0.2) is 29.3 Å². The lowest BCUT2D eigenvalue weighted by Gasteiger charge is -2.31. The zero-order valence-electron chi connectivity index (χ0n) is 16.7. The number of hydrogen-bond donors (Lipinski definition) is 4. The van der Waals surface area contributed by atoms with Crippen molar-refractivity contribution in [2.45, 2.75) is 36.1 Å². The molecular formula is C20H21N7O2S. The Morgan fingerprint density at radius 3 is 3.03 bits per heavy atom. The molecule has 1 aliphatic carbocycles. The predicted molar refractivity (Wildman–Crippen MR) is 114 cm³/mol. The van der Waals surface area contributed by atoms with E-state index in [1.165, 1.54) is 11.8 Å². The zero-order chi connectivity index (χ0) is 21.0. The van der Waals surface area contributed by atoms with Crippen molar-refractivity contribution < 1.29 is 9.53 Å². The van der Waals surface area contributed by atoms with Gasteiger partial charge in [0.05, 0.1) is 24.2 Å². The zero-order valence-corrected chi connectivity index (χ0v) is 17.6. The minimum absolute atomic E-state index is 0.194. The lowest BCUT2D eigenvalue weighted by molar-refractivity contribution is 0.0945. The first-order valence-corrected chi connectivity index (χ1v) is 10.4. The Balaban J connectivity index is 1.43. The average Bonchev–Trinajstić information content (AvgIpc) is 3.32. The number of nitrogens with two attached hydrogens (primary N) is 1. The Labute approximate surface area is 177 Å². The summed E-state index contributed by atoms with van der Waals surface area (Å²) >= 11 is 1.52. The van der Waals surface area contributed by atoms with Crippen LogP contribution >= 0.6 is 11.8 Å². The SMILES string of the molecule is COc1ccc2c(c1)SC(NC(=O)c1n[nH]c3c1C(C)(C)Cc1cnc(N)nc1-3)N2. The van der Waals surface area contributed by atoms with Crippen molar-refractivity contribution in [3.63, 3.8) is 0 Å². The number of methoxy groups -OCH3 is 1. The van der Waals surface area contributed by atoms with Gasteiger partial charge in [-0.15, -0.1) is 0 Å². The highest BCUT2D eigenvalue weighted by atomic mass is 32.2. The van der Waals surface area contributed by atoms with Crippen molar-refractivity contribution in [2.75, 3.05) is 18.2 Å². The molecule has 2 aromatic heterocycles. The Bertz CT molecular complexity index is 1170. The van der Waals surface area contributed by atoms with Gasteiger partial charge >= 0.3 is 0 Å². The molecule has 1 atom stereocenters. The molecule has 0 spiro atoms. The average molecular weight is 424 g/mol. The molecule has 10 heteroatoms. The van der Waals surface area contributed by atoms with Crippen molar-refractivity contribution in [3.05, 3.63) is 41.2 Å². The summed E-state index contributed by atoms with van der Waals surface area (Å²) in [5.41, 5.74) is 9.75. The standard InChI is InChI=1S/C20H21N7O2S/c1-20(2)7-9-8-22-18(21)24-14(9)15-13(20)16(27-26-15)17(28)25-19-23-11-5-4-10(29-3)6-12(11)30-19/h4-6,8,19,23H,7H2,1-3H3,(H,25,28)(H,26,27)(H2,21,22,24). The Morgan fingerprint density at radius 2 is 2.23 bits per heavy atom. The predicted octanol–water partition coefficient (Wildman–Crippen LogP) is 2.52. The number of nitrogens with zero attached hydrogens (tertiary/aromatic N) is 3. The number of hydrogen-bond acceptors (Lipinski definition) is 8. The van der Waals surface area contributed by atoms with Gasteiger partial charge < -0.3 is 21.1 Å². The molecule has 0 fully saturated rings. The van der Waals surface area contributed by atoms with Crippen LogP contribution in [0.25, 0.3) is 11.4 Å². The molecule has 3 aromatic rings. The molecule has 1 aromatic carbocycles. The number of aromatic amines is 1. The van der Waals surface area contributed by atoms with Crippen molar-refractivity contribution >= 4 is 29.3 Å². The molecule has 154 valence electrons. The number of ether oxygens (including phenoxy) is 1. The lowest BCUT2D eigenvalue weighted by atomic mass is 9.73. The minimum Gasteiger partial charge on any atom is -0.497 e. The van der Waals surface area contributed by atoms with Gasteiger partial charge in [0, 0.05) is 16.7 Å². The van der Waals surface area contributed by atoms with Gasteiger partial charge in [0.25, 0.3) is 5.91 Å². The topological polar surface area (TPSA) is 131 Å². The van der Waals surface area contributed by atoms with Crippen LogP contribution < -0.4 is 21.1 Å². The van der Waals surface area contributed by atoms with Crippen LogP contribution in [0.3, 0.4) is 0 Å². The lowest BCUT2D eigenvalue weighted by Crippen LogP contribution is -2.38. The summed E-state index contributed by atoms with van der Waals surface area (Å²) in [6, 6.07) is 5.77. The first-order valence-electron chi connectivity index (χ1n) is 9.48. The first-order chi connectivity index (χ1) is 14.4. The smallest absolute Gasteiger partial charge is 0.274 e. The number of fused-ring (bicyclic) bond motifs is 4. The number of aromatic nitrogens is 4. The molecule has 3 heterocycles. The maximum atomic E-state index is 13.1. The molecule has 9 nitrogen and oxygen atoms in total. The van der Waals surface area contributed by atoms with Gasteiger partial charge in [0.2, 0.25) is 5.95 Å². The fourth-order valence-corrected chi connectivity index (χ4v) is 5.11. The number of nitrogens with one attached hydrogen (secondary N) is 3. The van der Waals surface area contributed by atoms with E-state index < -0.39 is 0 Å².